The molecule has 3 nitrogen and oxygen atoms in total. The summed E-state index contributed by atoms with van der Waals surface area (Å²) in [6.07, 6.45) is 0. The van der Waals surface area contributed by atoms with Crippen LogP contribution < -0.4 is 0 Å². The van der Waals surface area contributed by atoms with Crippen molar-refractivity contribution in [3.63, 3.8) is 0 Å². The first-order valence-electron chi connectivity index (χ1n) is 5.91. The third-order valence-electron chi connectivity index (χ3n) is 2.31. The third-order valence-corrected chi connectivity index (χ3v) is 3.88. The molecule has 0 aromatic heterocycles. The van der Waals surface area contributed by atoms with E-state index in [9.17, 15) is 9.00 Å². The van der Waals surface area contributed by atoms with Crippen molar-refractivity contribution in [1.29, 1.82) is 0 Å². The van der Waals surface area contributed by atoms with E-state index in [1.807, 2.05) is 19.1 Å². The van der Waals surface area contributed by atoms with Crippen molar-refractivity contribution < 1.29 is 13.7 Å². The first kappa shape index (κ1) is 14.9. The molecule has 0 fully saturated rings. The van der Waals surface area contributed by atoms with Crippen LogP contribution in [0.2, 0.25) is 0 Å². The first-order chi connectivity index (χ1) is 8.20. The Labute approximate surface area is 111 Å². The van der Waals surface area contributed by atoms with Gasteiger partial charge in [0.2, 0.25) is 0 Å². The number of ether oxygens (including phenoxy) is 1. The number of carbonyl (C=O) groups is 1. The summed E-state index contributed by atoms with van der Waals surface area (Å²) in [7, 11) is -1.38. The van der Waals surface area contributed by atoms with Gasteiger partial charge in [-0.25, -0.2) is 0 Å². The summed E-state index contributed by atoms with van der Waals surface area (Å²) in [6.45, 7) is 8.99. The lowest BCUT2D eigenvalue weighted by Gasteiger charge is -2.22. The minimum Gasteiger partial charge on any atom is -0.459 e. The van der Waals surface area contributed by atoms with Gasteiger partial charge in [-0.05, 0) is 46.8 Å². The predicted octanol–water partition coefficient (Wildman–Crippen LogP) is 2.83. The Morgan fingerprint density at radius 3 is 2.17 bits per heavy atom. The van der Waals surface area contributed by atoms with E-state index in [1.165, 1.54) is 0 Å². The van der Waals surface area contributed by atoms with Gasteiger partial charge in [-0.3, -0.25) is 9.00 Å². The second-order valence-electron chi connectivity index (χ2n) is 5.29. The molecular weight excluding hydrogens is 248 g/mol. The predicted molar refractivity (Wildman–Crippen MR) is 72.9 cm³/mol. The zero-order valence-corrected chi connectivity index (χ0v) is 12.3. The smallest absolute Gasteiger partial charge is 0.322 e. The molecule has 0 radical (unpaired) electrons. The molecule has 0 bridgehead atoms. The number of carbonyl (C=O) groups excluding carboxylic acids is 1. The highest BCUT2D eigenvalue weighted by molar-refractivity contribution is 7.86. The van der Waals surface area contributed by atoms with Gasteiger partial charge in [0, 0.05) is 4.90 Å². The Kier molecular flexibility index (Phi) is 4.68. The molecule has 1 aromatic carbocycles. The van der Waals surface area contributed by atoms with Gasteiger partial charge >= 0.3 is 5.97 Å². The summed E-state index contributed by atoms with van der Waals surface area (Å²) in [5.74, 6) is -0.429. The van der Waals surface area contributed by atoms with Crippen molar-refractivity contribution in [1.82, 2.24) is 0 Å². The molecule has 18 heavy (non-hydrogen) atoms. The highest BCUT2D eigenvalue weighted by Crippen LogP contribution is 2.16. The number of hydrogen-bond acceptors (Lipinski definition) is 3. The maximum atomic E-state index is 12.2. The number of rotatable bonds is 3. The quantitative estimate of drug-likeness (QED) is 0.792. The zero-order valence-electron chi connectivity index (χ0n) is 11.5. The average molecular weight is 268 g/mol. The molecule has 0 saturated heterocycles. The van der Waals surface area contributed by atoms with Crippen LogP contribution in [-0.2, 0) is 20.3 Å². The minimum absolute atomic E-state index is 0.429. The molecule has 0 spiro atoms. The SMILES string of the molecule is Cc1ccc(S(=O)C(C)C(=O)OC(C)(C)C)cc1. The molecule has 1 rings (SSSR count). The third kappa shape index (κ3) is 4.26. The van der Waals surface area contributed by atoms with Gasteiger partial charge in [-0.15, -0.1) is 0 Å². The highest BCUT2D eigenvalue weighted by Gasteiger charge is 2.26. The summed E-state index contributed by atoms with van der Waals surface area (Å²) in [5, 5.41) is -0.660. The lowest BCUT2D eigenvalue weighted by molar-refractivity contribution is -0.153. The molecule has 0 heterocycles. The molecule has 2 unspecified atom stereocenters. The number of esters is 1. The van der Waals surface area contributed by atoms with Gasteiger partial charge in [-0.2, -0.15) is 0 Å². The molecule has 0 amide bonds. The van der Waals surface area contributed by atoms with Crippen molar-refractivity contribution in [2.24, 2.45) is 0 Å². The number of hydrogen-bond donors (Lipinski definition) is 0. The summed E-state index contributed by atoms with van der Waals surface area (Å²) in [6, 6.07) is 7.34. The topological polar surface area (TPSA) is 43.4 Å². The van der Waals surface area contributed by atoms with E-state index in [0.29, 0.717) is 4.90 Å². The normalized spacial score (nSPS) is 14.9. The lowest BCUT2D eigenvalue weighted by atomic mass is 10.2. The van der Waals surface area contributed by atoms with Crippen LogP contribution in [0.15, 0.2) is 29.2 Å². The Balaban J connectivity index is 2.78. The summed E-state index contributed by atoms with van der Waals surface area (Å²) in [5.41, 5.74) is 0.545. The molecule has 0 aliphatic heterocycles. The van der Waals surface area contributed by atoms with Crippen LogP contribution in [0.4, 0.5) is 0 Å². The molecular formula is C14H20O3S. The van der Waals surface area contributed by atoms with Crippen LogP contribution in [0, 0.1) is 6.92 Å². The average Bonchev–Trinajstić information content (AvgIpc) is 2.26. The van der Waals surface area contributed by atoms with Crippen LogP contribution in [0.1, 0.15) is 33.3 Å². The van der Waals surface area contributed by atoms with Crippen molar-refractivity contribution in [3.8, 4) is 0 Å². The van der Waals surface area contributed by atoms with E-state index in [4.69, 9.17) is 4.74 Å². The van der Waals surface area contributed by atoms with E-state index in [-0.39, 0.29) is 0 Å². The molecule has 0 N–H and O–H groups in total. The molecule has 4 heteroatoms. The summed E-state index contributed by atoms with van der Waals surface area (Å²) in [4.78, 5) is 12.5. The van der Waals surface area contributed by atoms with Gasteiger partial charge < -0.3 is 4.74 Å². The molecule has 2 atom stereocenters. The van der Waals surface area contributed by atoms with E-state index < -0.39 is 27.6 Å². The second-order valence-corrected chi connectivity index (χ2v) is 7.06. The monoisotopic (exact) mass is 268 g/mol. The Morgan fingerprint density at radius 2 is 1.72 bits per heavy atom. The Hall–Kier alpha value is -1.16. The van der Waals surface area contributed by atoms with Crippen LogP contribution in [-0.4, -0.2) is 21.0 Å². The molecule has 1 aromatic rings. The van der Waals surface area contributed by atoms with Gasteiger partial charge in [-0.1, -0.05) is 17.7 Å². The standard InChI is InChI=1S/C14H20O3S/c1-10-6-8-12(9-7-10)18(16)11(2)13(15)17-14(3,4)5/h6-9,11H,1-5H3. The highest BCUT2D eigenvalue weighted by atomic mass is 32.2. The van der Waals surface area contributed by atoms with Gasteiger partial charge in [0.1, 0.15) is 10.9 Å². The van der Waals surface area contributed by atoms with Gasteiger partial charge in [0.15, 0.2) is 0 Å². The molecule has 0 saturated carbocycles. The van der Waals surface area contributed by atoms with E-state index in [1.54, 1.807) is 39.8 Å². The maximum absolute atomic E-state index is 12.2. The Bertz CT molecular complexity index is 443. The van der Waals surface area contributed by atoms with Crippen LogP contribution in [0.3, 0.4) is 0 Å². The largest absolute Gasteiger partial charge is 0.459 e. The fourth-order valence-corrected chi connectivity index (χ4v) is 2.38. The van der Waals surface area contributed by atoms with Crippen LogP contribution in [0.25, 0.3) is 0 Å². The fraction of sp³-hybridized carbons (Fsp3) is 0.500. The molecule has 100 valence electrons. The molecule has 0 aliphatic carbocycles. The Morgan fingerprint density at radius 1 is 1.22 bits per heavy atom. The van der Waals surface area contributed by atoms with Crippen molar-refractivity contribution in [3.05, 3.63) is 29.8 Å². The minimum atomic E-state index is -1.38. The first-order valence-corrected chi connectivity index (χ1v) is 7.12. The molecule has 0 aliphatic rings. The van der Waals surface area contributed by atoms with Crippen LogP contribution in [0.5, 0.6) is 0 Å². The van der Waals surface area contributed by atoms with Gasteiger partial charge in [0.25, 0.3) is 0 Å². The van der Waals surface area contributed by atoms with E-state index >= 15 is 0 Å². The fourth-order valence-electron chi connectivity index (χ4n) is 1.35. The van der Waals surface area contributed by atoms with Crippen molar-refractivity contribution in [2.45, 2.75) is 50.4 Å². The zero-order chi connectivity index (χ0) is 13.9. The number of aryl methyl sites for hydroxylation is 1. The summed E-state index contributed by atoms with van der Waals surface area (Å²) < 4.78 is 17.4. The van der Waals surface area contributed by atoms with E-state index in [2.05, 4.69) is 0 Å². The van der Waals surface area contributed by atoms with Crippen molar-refractivity contribution in [2.75, 3.05) is 0 Å². The second kappa shape index (κ2) is 5.65. The number of benzene rings is 1. The summed E-state index contributed by atoms with van der Waals surface area (Å²) >= 11 is 0. The van der Waals surface area contributed by atoms with E-state index in [0.717, 1.165) is 5.56 Å². The maximum Gasteiger partial charge on any atom is 0.322 e. The van der Waals surface area contributed by atoms with Crippen LogP contribution >= 0.6 is 0 Å². The lowest BCUT2D eigenvalue weighted by Crippen LogP contribution is -2.32. The van der Waals surface area contributed by atoms with Gasteiger partial charge in [0.05, 0.1) is 10.8 Å². The van der Waals surface area contributed by atoms with Crippen molar-refractivity contribution >= 4 is 16.8 Å².